The number of aromatic amines is 1. The van der Waals surface area contributed by atoms with E-state index in [-0.39, 0.29) is 17.7 Å². The standard InChI is InChI=1S/C15H22ClN3O3/c1-10-9-19(14(20)13-12(16)8-17-18-13)5-4-15(10,21)11-2-6-22-7-3-11/h8,10-11,21H,2-7,9H2,1H3,(H,17,18)/t10-,15+/m1/s1. The third-order valence-corrected chi connectivity index (χ3v) is 5.44. The Morgan fingerprint density at radius 3 is 2.86 bits per heavy atom. The fraction of sp³-hybridized carbons (Fsp3) is 0.733. The molecule has 22 heavy (non-hydrogen) atoms. The van der Waals surface area contributed by atoms with E-state index in [1.165, 1.54) is 6.20 Å². The molecule has 0 radical (unpaired) electrons. The second kappa shape index (κ2) is 6.18. The lowest BCUT2D eigenvalue weighted by Gasteiger charge is -2.48. The predicted octanol–water partition coefficient (Wildman–Crippen LogP) is 1.70. The van der Waals surface area contributed by atoms with Gasteiger partial charge in [0, 0.05) is 32.2 Å². The van der Waals surface area contributed by atoms with Crippen molar-refractivity contribution in [1.29, 1.82) is 0 Å². The summed E-state index contributed by atoms with van der Waals surface area (Å²) in [4.78, 5) is 14.2. The lowest BCUT2D eigenvalue weighted by Crippen LogP contribution is -2.56. The molecular formula is C15H22ClN3O3. The van der Waals surface area contributed by atoms with E-state index in [1.54, 1.807) is 4.90 Å². The smallest absolute Gasteiger partial charge is 0.273 e. The monoisotopic (exact) mass is 327 g/mol. The Balaban J connectivity index is 1.69. The fourth-order valence-electron chi connectivity index (χ4n) is 3.71. The highest BCUT2D eigenvalue weighted by Crippen LogP contribution is 2.39. The molecule has 0 saturated carbocycles. The zero-order valence-electron chi connectivity index (χ0n) is 12.7. The molecule has 6 nitrogen and oxygen atoms in total. The quantitative estimate of drug-likeness (QED) is 0.866. The molecule has 0 aromatic carbocycles. The summed E-state index contributed by atoms with van der Waals surface area (Å²) in [7, 11) is 0. The van der Waals surface area contributed by atoms with E-state index in [1.807, 2.05) is 6.92 Å². The molecule has 1 amide bonds. The summed E-state index contributed by atoms with van der Waals surface area (Å²) in [5, 5.41) is 17.9. The van der Waals surface area contributed by atoms with Gasteiger partial charge in [-0.1, -0.05) is 18.5 Å². The van der Waals surface area contributed by atoms with Crippen LogP contribution in [0.25, 0.3) is 0 Å². The second-order valence-corrected chi connectivity index (χ2v) is 6.78. The zero-order valence-corrected chi connectivity index (χ0v) is 13.5. The normalized spacial score (nSPS) is 30.5. The lowest BCUT2D eigenvalue weighted by molar-refractivity contribution is -0.125. The summed E-state index contributed by atoms with van der Waals surface area (Å²) in [5.41, 5.74) is -0.386. The third kappa shape index (κ3) is 2.75. The molecule has 3 heterocycles. The molecule has 0 bridgehead atoms. The number of hydrogen-bond donors (Lipinski definition) is 2. The van der Waals surface area contributed by atoms with Crippen molar-refractivity contribution in [2.45, 2.75) is 31.8 Å². The summed E-state index contributed by atoms with van der Waals surface area (Å²) in [6.07, 6.45) is 3.80. The minimum absolute atomic E-state index is 0.0231. The number of ether oxygens (including phenoxy) is 1. The Morgan fingerprint density at radius 1 is 1.55 bits per heavy atom. The number of nitrogens with one attached hydrogen (secondary N) is 1. The number of piperidine rings is 1. The molecule has 2 fully saturated rings. The van der Waals surface area contributed by atoms with E-state index >= 15 is 0 Å². The van der Waals surface area contributed by atoms with Crippen LogP contribution in [0, 0.1) is 11.8 Å². The highest BCUT2D eigenvalue weighted by Gasteiger charge is 2.46. The third-order valence-electron chi connectivity index (χ3n) is 5.15. The molecule has 2 aliphatic heterocycles. The number of likely N-dealkylation sites (tertiary alicyclic amines) is 1. The second-order valence-electron chi connectivity index (χ2n) is 6.37. The number of aliphatic hydroxyl groups is 1. The first kappa shape index (κ1) is 15.8. The largest absolute Gasteiger partial charge is 0.389 e. The van der Waals surface area contributed by atoms with Gasteiger partial charge in [0.05, 0.1) is 16.8 Å². The van der Waals surface area contributed by atoms with Crippen LogP contribution in [0.5, 0.6) is 0 Å². The van der Waals surface area contributed by atoms with Crippen LogP contribution in [0.1, 0.15) is 36.7 Å². The number of halogens is 1. The number of rotatable bonds is 2. The number of nitrogens with zero attached hydrogens (tertiary/aromatic N) is 2. The van der Waals surface area contributed by atoms with Gasteiger partial charge in [0.2, 0.25) is 0 Å². The highest BCUT2D eigenvalue weighted by atomic mass is 35.5. The number of hydrogen-bond acceptors (Lipinski definition) is 4. The first-order chi connectivity index (χ1) is 10.5. The summed E-state index contributed by atoms with van der Waals surface area (Å²) >= 11 is 5.96. The number of carbonyl (C=O) groups is 1. The van der Waals surface area contributed by atoms with Crippen LogP contribution in [0.2, 0.25) is 5.02 Å². The van der Waals surface area contributed by atoms with Crippen LogP contribution in [-0.2, 0) is 4.74 Å². The Labute approximate surface area is 134 Å². The average Bonchev–Trinajstić information content (AvgIpc) is 2.96. The number of aromatic nitrogens is 2. The summed E-state index contributed by atoms with van der Waals surface area (Å²) in [5.74, 6) is 0.127. The topological polar surface area (TPSA) is 78.5 Å². The van der Waals surface area contributed by atoms with Crippen LogP contribution in [0.3, 0.4) is 0 Å². The molecule has 0 aliphatic carbocycles. The van der Waals surface area contributed by atoms with E-state index in [0.29, 0.717) is 43.4 Å². The number of amides is 1. The molecule has 7 heteroatoms. The van der Waals surface area contributed by atoms with Crippen molar-refractivity contribution in [1.82, 2.24) is 15.1 Å². The molecule has 2 N–H and O–H groups in total. The first-order valence-corrected chi connectivity index (χ1v) is 8.18. The van der Waals surface area contributed by atoms with Crippen LogP contribution in [-0.4, -0.2) is 58.0 Å². The molecule has 2 atom stereocenters. The van der Waals surface area contributed by atoms with Crippen molar-refractivity contribution < 1.29 is 14.6 Å². The van der Waals surface area contributed by atoms with Gasteiger partial charge in [-0.05, 0) is 25.2 Å². The van der Waals surface area contributed by atoms with Crippen molar-refractivity contribution in [3.63, 3.8) is 0 Å². The molecule has 3 rings (SSSR count). The molecule has 1 aromatic heterocycles. The van der Waals surface area contributed by atoms with Gasteiger partial charge in [-0.2, -0.15) is 5.10 Å². The van der Waals surface area contributed by atoms with Gasteiger partial charge in [-0.3, -0.25) is 9.89 Å². The molecule has 1 aromatic rings. The van der Waals surface area contributed by atoms with Crippen molar-refractivity contribution in [3.05, 3.63) is 16.9 Å². The van der Waals surface area contributed by atoms with E-state index in [4.69, 9.17) is 16.3 Å². The van der Waals surface area contributed by atoms with Crippen molar-refractivity contribution in [3.8, 4) is 0 Å². The van der Waals surface area contributed by atoms with Crippen molar-refractivity contribution in [2.24, 2.45) is 11.8 Å². The molecule has 2 aliphatic rings. The van der Waals surface area contributed by atoms with Gasteiger partial charge in [-0.15, -0.1) is 0 Å². The zero-order chi connectivity index (χ0) is 15.7. The highest BCUT2D eigenvalue weighted by molar-refractivity contribution is 6.33. The van der Waals surface area contributed by atoms with Crippen molar-refractivity contribution >= 4 is 17.5 Å². The van der Waals surface area contributed by atoms with E-state index in [9.17, 15) is 9.90 Å². The maximum Gasteiger partial charge on any atom is 0.273 e. The van der Waals surface area contributed by atoms with E-state index in [0.717, 1.165) is 12.8 Å². The molecule has 0 unspecified atom stereocenters. The van der Waals surface area contributed by atoms with Crippen LogP contribution in [0.15, 0.2) is 6.20 Å². The Bertz CT molecular complexity index is 544. The minimum Gasteiger partial charge on any atom is -0.389 e. The average molecular weight is 328 g/mol. The van der Waals surface area contributed by atoms with Gasteiger partial charge in [-0.25, -0.2) is 0 Å². The molecule has 0 spiro atoms. The minimum atomic E-state index is -0.710. The fourth-order valence-corrected chi connectivity index (χ4v) is 3.88. The van der Waals surface area contributed by atoms with Gasteiger partial charge in [0.25, 0.3) is 5.91 Å². The summed E-state index contributed by atoms with van der Waals surface area (Å²) in [6, 6.07) is 0. The van der Waals surface area contributed by atoms with Crippen LogP contribution >= 0.6 is 11.6 Å². The summed E-state index contributed by atoms with van der Waals surface area (Å²) < 4.78 is 5.39. The van der Waals surface area contributed by atoms with Crippen molar-refractivity contribution in [2.75, 3.05) is 26.3 Å². The van der Waals surface area contributed by atoms with Crippen LogP contribution in [0.4, 0.5) is 0 Å². The first-order valence-electron chi connectivity index (χ1n) is 7.80. The van der Waals surface area contributed by atoms with E-state index in [2.05, 4.69) is 10.2 Å². The van der Waals surface area contributed by atoms with Gasteiger partial charge in [0.15, 0.2) is 0 Å². The number of carbonyl (C=O) groups excluding carboxylic acids is 1. The predicted molar refractivity (Wildman–Crippen MR) is 81.8 cm³/mol. The van der Waals surface area contributed by atoms with E-state index < -0.39 is 5.60 Å². The molecular weight excluding hydrogens is 306 g/mol. The Hall–Kier alpha value is -1.11. The van der Waals surface area contributed by atoms with Gasteiger partial charge >= 0.3 is 0 Å². The summed E-state index contributed by atoms with van der Waals surface area (Å²) in [6.45, 7) is 4.51. The maximum atomic E-state index is 12.5. The van der Waals surface area contributed by atoms with Crippen LogP contribution < -0.4 is 0 Å². The van der Waals surface area contributed by atoms with Gasteiger partial charge < -0.3 is 14.7 Å². The molecule has 2 saturated heterocycles. The number of H-pyrrole nitrogens is 1. The SMILES string of the molecule is C[C@@H]1CN(C(=O)c2[nH]ncc2Cl)CC[C@@]1(O)C1CCOCC1. The Kier molecular flexibility index (Phi) is 4.43. The Morgan fingerprint density at radius 2 is 2.27 bits per heavy atom. The molecule has 122 valence electrons. The maximum absolute atomic E-state index is 12.5. The lowest BCUT2D eigenvalue weighted by atomic mass is 9.70. The van der Waals surface area contributed by atoms with Gasteiger partial charge in [0.1, 0.15) is 5.69 Å².